The molecule has 0 aliphatic carbocycles. The normalized spacial score (nSPS) is 9.57. The minimum Gasteiger partial charge on any atom is -0.370 e. The zero-order valence-electron chi connectivity index (χ0n) is 14.7. The molecule has 0 atom stereocenters. The van der Waals surface area contributed by atoms with E-state index in [4.69, 9.17) is 11.5 Å². The van der Waals surface area contributed by atoms with E-state index < -0.39 is 5.91 Å². The first-order valence-electron chi connectivity index (χ1n) is 7.88. The van der Waals surface area contributed by atoms with Gasteiger partial charge in [-0.15, -0.1) is 24.8 Å². The van der Waals surface area contributed by atoms with Crippen LogP contribution in [-0.4, -0.2) is 22.8 Å². The average molecular weight is 420 g/mol. The summed E-state index contributed by atoms with van der Waals surface area (Å²) < 4.78 is 0. The Labute approximate surface area is 174 Å². The molecule has 0 fully saturated rings. The average Bonchev–Trinajstić information content (AvgIpc) is 2.65. The smallest absolute Gasteiger partial charge is 0.280 e. The molecule has 5 N–H and O–H groups in total. The van der Waals surface area contributed by atoms with Crippen molar-refractivity contribution < 1.29 is 9.59 Å². The number of nitrogens with one attached hydrogen (secondary N) is 1. The number of guanidine groups is 1. The molecule has 3 rings (SSSR count). The zero-order valence-corrected chi connectivity index (χ0v) is 16.3. The fourth-order valence-corrected chi connectivity index (χ4v) is 2.58. The van der Waals surface area contributed by atoms with Crippen molar-refractivity contribution in [2.45, 2.75) is 6.54 Å². The van der Waals surface area contributed by atoms with E-state index in [1.807, 2.05) is 18.2 Å². The summed E-state index contributed by atoms with van der Waals surface area (Å²) in [6.45, 7) is 0.383. The van der Waals surface area contributed by atoms with E-state index in [9.17, 15) is 9.59 Å². The van der Waals surface area contributed by atoms with Gasteiger partial charge >= 0.3 is 0 Å². The van der Waals surface area contributed by atoms with Crippen molar-refractivity contribution >= 4 is 53.4 Å². The Hall–Kier alpha value is -3.16. The van der Waals surface area contributed by atoms with Gasteiger partial charge in [0.15, 0.2) is 5.96 Å². The molecule has 2 aromatic carbocycles. The fraction of sp³-hybridized carbons (Fsp3) is 0.0526. The van der Waals surface area contributed by atoms with Crippen LogP contribution in [-0.2, 0) is 6.54 Å². The van der Waals surface area contributed by atoms with Gasteiger partial charge in [-0.3, -0.25) is 14.6 Å². The first-order chi connectivity index (χ1) is 12.5. The minimum atomic E-state index is -0.524. The quantitative estimate of drug-likeness (QED) is 0.442. The summed E-state index contributed by atoms with van der Waals surface area (Å²) in [5.74, 6) is -1.03. The number of hydrogen-bond donors (Lipinski definition) is 3. The maximum Gasteiger partial charge on any atom is 0.280 e. The number of benzene rings is 2. The van der Waals surface area contributed by atoms with Gasteiger partial charge in [-0.1, -0.05) is 24.3 Å². The van der Waals surface area contributed by atoms with Crippen LogP contribution in [0.1, 0.15) is 26.3 Å². The Bertz CT molecular complexity index is 1010. The van der Waals surface area contributed by atoms with Crippen molar-refractivity contribution in [3.05, 3.63) is 77.6 Å². The number of fused-ring (bicyclic) bond motifs is 1. The Morgan fingerprint density at radius 3 is 2.50 bits per heavy atom. The first kappa shape index (κ1) is 22.9. The number of aromatic nitrogens is 1. The van der Waals surface area contributed by atoms with E-state index in [1.54, 1.807) is 42.7 Å². The molecule has 2 amide bonds. The molecule has 0 radical (unpaired) electrons. The number of amides is 2. The van der Waals surface area contributed by atoms with Crippen LogP contribution in [0.25, 0.3) is 10.8 Å². The number of halogens is 2. The van der Waals surface area contributed by atoms with Crippen molar-refractivity contribution in [3.8, 4) is 0 Å². The topological polar surface area (TPSA) is 123 Å². The van der Waals surface area contributed by atoms with Gasteiger partial charge in [0, 0.05) is 30.1 Å². The van der Waals surface area contributed by atoms with Crippen LogP contribution < -0.4 is 16.8 Å². The maximum atomic E-state index is 12.4. The minimum absolute atomic E-state index is 0. The number of carbonyl (C=O) groups excluding carboxylic acids is 2. The maximum absolute atomic E-state index is 12.4. The molecule has 9 heteroatoms. The Balaban J connectivity index is 0.00000196. The Morgan fingerprint density at radius 1 is 1.04 bits per heavy atom. The molecule has 1 heterocycles. The second-order valence-electron chi connectivity index (χ2n) is 5.63. The summed E-state index contributed by atoms with van der Waals surface area (Å²) in [6, 6.07) is 14.0. The lowest BCUT2D eigenvalue weighted by Crippen LogP contribution is -2.24. The van der Waals surface area contributed by atoms with Crippen molar-refractivity contribution in [3.63, 3.8) is 0 Å². The number of aliphatic imine (C=N–C) groups is 1. The molecule has 7 nitrogen and oxygen atoms in total. The predicted molar refractivity (Wildman–Crippen MR) is 114 cm³/mol. The molecule has 0 unspecified atom stereocenters. The van der Waals surface area contributed by atoms with E-state index in [0.29, 0.717) is 23.1 Å². The summed E-state index contributed by atoms with van der Waals surface area (Å²) in [6.07, 6.45) is 3.37. The lowest BCUT2D eigenvalue weighted by molar-refractivity contribution is 0.0950. The van der Waals surface area contributed by atoms with Crippen LogP contribution in [0.2, 0.25) is 0 Å². The third kappa shape index (κ3) is 5.42. The number of hydrogen-bond acceptors (Lipinski definition) is 3. The highest BCUT2D eigenvalue weighted by atomic mass is 35.5. The molecule has 28 heavy (non-hydrogen) atoms. The summed E-state index contributed by atoms with van der Waals surface area (Å²) in [4.78, 5) is 32.1. The second kappa shape index (κ2) is 10.2. The summed E-state index contributed by atoms with van der Waals surface area (Å²) in [5, 5.41) is 4.26. The van der Waals surface area contributed by atoms with Crippen molar-refractivity contribution in [2.24, 2.45) is 16.5 Å². The van der Waals surface area contributed by atoms with Crippen LogP contribution in [0.3, 0.4) is 0 Å². The largest absolute Gasteiger partial charge is 0.370 e. The fourth-order valence-electron chi connectivity index (χ4n) is 2.58. The third-order valence-electron chi connectivity index (χ3n) is 3.78. The lowest BCUT2D eigenvalue weighted by Gasteiger charge is -2.08. The van der Waals surface area contributed by atoms with Crippen LogP contribution in [0.15, 0.2) is 65.9 Å². The summed E-state index contributed by atoms with van der Waals surface area (Å²) in [7, 11) is 0. The Morgan fingerprint density at radius 2 is 1.82 bits per heavy atom. The number of rotatable bonds is 4. The van der Waals surface area contributed by atoms with Crippen LogP contribution in [0, 0.1) is 0 Å². The van der Waals surface area contributed by atoms with Gasteiger partial charge in [-0.25, -0.2) is 0 Å². The molecule has 0 aliphatic heterocycles. The van der Waals surface area contributed by atoms with E-state index >= 15 is 0 Å². The van der Waals surface area contributed by atoms with Gasteiger partial charge in [0.2, 0.25) is 0 Å². The zero-order chi connectivity index (χ0) is 18.5. The van der Waals surface area contributed by atoms with Crippen molar-refractivity contribution in [2.75, 3.05) is 0 Å². The molecule has 0 spiro atoms. The standard InChI is InChI=1S/C19H17N5O2.2ClH/c20-19(21)24-18(26)16-5-1-4-13-9-14(6-7-15(13)16)17(25)23-11-12-3-2-8-22-10-12;;/h1-10H,11H2,(H,23,25)(H4,20,21,24,26);2*1H. The van der Waals surface area contributed by atoms with E-state index in [1.165, 1.54) is 0 Å². The molecule has 0 saturated heterocycles. The summed E-state index contributed by atoms with van der Waals surface area (Å²) >= 11 is 0. The molecular weight excluding hydrogens is 401 g/mol. The molecule has 0 aliphatic rings. The Kier molecular flexibility index (Phi) is 8.37. The molecular formula is C19H19Cl2N5O2. The molecule has 146 valence electrons. The highest BCUT2D eigenvalue weighted by Crippen LogP contribution is 2.21. The van der Waals surface area contributed by atoms with Crippen LogP contribution in [0.4, 0.5) is 0 Å². The monoisotopic (exact) mass is 419 g/mol. The SMILES string of the molecule is Cl.Cl.NC(N)=NC(=O)c1cccc2cc(C(=O)NCc3cccnc3)ccc12. The number of nitrogens with two attached hydrogens (primary N) is 2. The predicted octanol–water partition coefficient (Wildman–Crippen LogP) is 2.42. The summed E-state index contributed by atoms with van der Waals surface area (Å²) in [5.41, 5.74) is 12.3. The number of pyridine rings is 1. The van der Waals surface area contributed by atoms with Crippen LogP contribution in [0.5, 0.6) is 0 Å². The van der Waals surface area contributed by atoms with Gasteiger partial charge in [0.1, 0.15) is 0 Å². The second-order valence-corrected chi connectivity index (χ2v) is 5.63. The van der Waals surface area contributed by atoms with Crippen LogP contribution >= 0.6 is 24.8 Å². The first-order valence-corrected chi connectivity index (χ1v) is 7.88. The van der Waals surface area contributed by atoms with Gasteiger partial charge in [0.25, 0.3) is 11.8 Å². The molecule has 0 bridgehead atoms. The van der Waals surface area contributed by atoms with Crippen molar-refractivity contribution in [1.29, 1.82) is 0 Å². The van der Waals surface area contributed by atoms with Gasteiger partial charge in [-0.05, 0) is 40.6 Å². The number of carbonyl (C=O) groups is 2. The number of nitrogens with zero attached hydrogens (tertiary/aromatic N) is 2. The molecule has 0 saturated carbocycles. The highest BCUT2D eigenvalue weighted by Gasteiger charge is 2.12. The van der Waals surface area contributed by atoms with E-state index in [-0.39, 0.29) is 36.7 Å². The lowest BCUT2D eigenvalue weighted by atomic mass is 10.0. The molecule has 3 aromatic rings. The van der Waals surface area contributed by atoms with E-state index in [2.05, 4.69) is 15.3 Å². The third-order valence-corrected chi connectivity index (χ3v) is 3.78. The van der Waals surface area contributed by atoms with E-state index in [0.717, 1.165) is 10.9 Å². The van der Waals surface area contributed by atoms with Gasteiger partial charge < -0.3 is 16.8 Å². The van der Waals surface area contributed by atoms with Gasteiger partial charge in [0.05, 0.1) is 0 Å². The molecule has 1 aromatic heterocycles. The van der Waals surface area contributed by atoms with Gasteiger partial charge in [-0.2, -0.15) is 4.99 Å². The van der Waals surface area contributed by atoms with Crippen molar-refractivity contribution in [1.82, 2.24) is 10.3 Å². The highest BCUT2D eigenvalue weighted by molar-refractivity contribution is 6.11.